The maximum absolute atomic E-state index is 10.4. The van der Waals surface area contributed by atoms with E-state index in [9.17, 15) is 5.11 Å². The summed E-state index contributed by atoms with van der Waals surface area (Å²) in [6.45, 7) is 8.97. The second-order valence-corrected chi connectivity index (χ2v) is 6.43. The molecule has 1 aliphatic carbocycles. The lowest BCUT2D eigenvalue weighted by Crippen LogP contribution is -2.45. The fourth-order valence-electron chi connectivity index (χ4n) is 3.52. The Labute approximate surface area is 129 Å². The number of nitrogens with one attached hydrogen (secondary N) is 2. The summed E-state index contributed by atoms with van der Waals surface area (Å²) in [5.74, 6) is 0.848. The largest absolute Gasteiger partial charge is 0.388 e. The van der Waals surface area contributed by atoms with Crippen molar-refractivity contribution in [3.05, 3.63) is 0 Å². The molecule has 0 bridgehead atoms. The Balaban J connectivity index is 1.83. The molecule has 1 unspecified atom stereocenters. The molecule has 1 atom stereocenters. The van der Waals surface area contributed by atoms with Gasteiger partial charge in [-0.15, -0.1) is 0 Å². The molecule has 0 radical (unpaired) electrons. The minimum atomic E-state index is -0.564. The van der Waals surface area contributed by atoms with Crippen molar-refractivity contribution in [1.82, 2.24) is 15.5 Å². The summed E-state index contributed by atoms with van der Waals surface area (Å²) >= 11 is 0. The van der Waals surface area contributed by atoms with E-state index in [-0.39, 0.29) is 0 Å². The Hall–Kier alpha value is -0.810. The summed E-state index contributed by atoms with van der Waals surface area (Å²) in [6.07, 6.45) is 6.61. The summed E-state index contributed by atoms with van der Waals surface area (Å²) in [6, 6.07) is 0.619. The van der Waals surface area contributed by atoms with Crippen molar-refractivity contribution >= 4 is 5.96 Å². The number of likely N-dealkylation sites (N-methyl/N-ethyl adjacent to an activating group) is 1. The molecule has 0 aromatic rings. The van der Waals surface area contributed by atoms with Crippen LogP contribution in [0.5, 0.6) is 0 Å². The molecule has 1 heterocycles. The number of hydrogen-bond acceptors (Lipinski definition) is 3. The zero-order valence-corrected chi connectivity index (χ0v) is 13.7. The van der Waals surface area contributed by atoms with E-state index < -0.39 is 5.60 Å². The maximum atomic E-state index is 10.4. The van der Waals surface area contributed by atoms with Gasteiger partial charge in [-0.1, -0.05) is 19.8 Å². The first-order valence-electron chi connectivity index (χ1n) is 8.65. The molecule has 1 saturated heterocycles. The van der Waals surface area contributed by atoms with E-state index in [2.05, 4.69) is 34.4 Å². The molecular weight excluding hydrogens is 264 g/mol. The van der Waals surface area contributed by atoms with E-state index >= 15 is 0 Å². The van der Waals surface area contributed by atoms with Gasteiger partial charge in [-0.3, -0.25) is 9.89 Å². The smallest absolute Gasteiger partial charge is 0.191 e. The Bertz CT molecular complexity index is 339. The molecule has 2 fully saturated rings. The zero-order valence-electron chi connectivity index (χ0n) is 13.7. The summed E-state index contributed by atoms with van der Waals surface area (Å²) in [7, 11) is 0. The van der Waals surface area contributed by atoms with E-state index in [1.807, 2.05) is 0 Å². The van der Waals surface area contributed by atoms with Gasteiger partial charge in [0, 0.05) is 19.1 Å². The Morgan fingerprint density at radius 2 is 2.00 bits per heavy atom. The quantitative estimate of drug-likeness (QED) is 0.511. The lowest BCUT2D eigenvalue weighted by Gasteiger charge is -2.25. The topological polar surface area (TPSA) is 59.9 Å². The average Bonchev–Trinajstić information content (AvgIpc) is 3.11. The molecule has 1 saturated carbocycles. The van der Waals surface area contributed by atoms with Crippen LogP contribution in [-0.2, 0) is 0 Å². The van der Waals surface area contributed by atoms with Crippen LogP contribution in [0.15, 0.2) is 4.99 Å². The lowest BCUT2D eigenvalue weighted by molar-refractivity contribution is 0.0574. The van der Waals surface area contributed by atoms with Crippen LogP contribution < -0.4 is 10.6 Å². The van der Waals surface area contributed by atoms with E-state index in [0.717, 1.165) is 51.3 Å². The van der Waals surface area contributed by atoms with Crippen LogP contribution in [0.4, 0.5) is 0 Å². The summed E-state index contributed by atoms with van der Waals surface area (Å²) in [5, 5.41) is 17.1. The summed E-state index contributed by atoms with van der Waals surface area (Å²) in [4.78, 5) is 7.13. The minimum absolute atomic E-state index is 0.518. The second-order valence-electron chi connectivity index (χ2n) is 6.43. The van der Waals surface area contributed by atoms with E-state index in [4.69, 9.17) is 0 Å². The van der Waals surface area contributed by atoms with E-state index in [0.29, 0.717) is 12.6 Å². The molecule has 2 rings (SSSR count). The van der Waals surface area contributed by atoms with Gasteiger partial charge in [-0.05, 0) is 45.7 Å². The number of nitrogens with zero attached hydrogens (tertiary/aromatic N) is 2. The minimum Gasteiger partial charge on any atom is -0.388 e. The highest BCUT2D eigenvalue weighted by Gasteiger charge is 2.31. The van der Waals surface area contributed by atoms with E-state index in [1.54, 1.807) is 0 Å². The Kier molecular flexibility index (Phi) is 6.30. The van der Waals surface area contributed by atoms with Gasteiger partial charge < -0.3 is 15.7 Å². The van der Waals surface area contributed by atoms with Crippen LogP contribution in [0, 0.1) is 0 Å². The highest BCUT2D eigenvalue weighted by atomic mass is 16.3. The average molecular weight is 296 g/mol. The summed E-state index contributed by atoms with van der Waals surface area (Å²) in [5.41, 5.74) is -0.564. The molecule has 0 aromatic heterocycles. The van der Waals surface area contributed by atoms with Crippen LogP contribution >= 0.6 is 0 Å². The van der Waals surface area contributed by atoms with Crippen molar-refractivity contribution < 1.29 is 5.11 Å². The van der Waals surface area contributed by atoms with Gasteiger partial charge in [-0.25, -0.2) is 0 Å². The van der Waals surface area contributed by atoms with Crippen LogP contribution in [0.3, 0.4) is 0 Å². The molecular formula is C16H32N4O. The Morgan fingerprint density at radius 1 is 1.24 bits per heavy atom. The first kappa shape index (κ1) is 16.6. The number of aliphatic imine (C=N–C) groups is 1. The monoisotopic (exact) mass is 296 g/mol. The highest BCUT2D eigenvalue weighted by molar-refractivity contribution is 5.79. The highest BCUT2D eigenvalue weighted by Crippen LogP contribution is 2.29. The number of aliphatic hydroxyl groups is 1. The van der Waals surface area contributed by atoms with Crippen LogP contribution in [0.2, 0.25) is 0 Å². The Morgan fingerprint density at radius 3 is 2.67 bits per heavy atom. The molecule has 1 aliphatic heterocycles. The molecule has 0 amide bonds. The van der Waals surface area contributed by atoms with Gasteiger partial charge in [0.1, 0.15) is 0 Å². The molecule has 0 aromatic carbocycles. The maximum Gasteiger partial charge on any atom is 0.191 e. The van der Waals surface area contributed by atoms with Crippen molar-refractivity contribution in [3.63, 3.8) is 0 Å². The van der Waals surface area contributed by atoms with Crippen molar-refractivity contribution in [1.29, 1.82) is 0 Å². The third kappa shape index (κ3) is 4.85. The van der Waals surface area contributed by atoms with Crippen molar-refractivity contribution in [2.24, 2.45) is 4.99 Å². The predicted octanol–water partition coefficient (Wildman–Crippen LogP) is 1.33. The van der Waals surface area contributed by atoms with Gasteiger partial charge in [0.2, 0.25) is 0 Å². The van der Waals surface area contributed by atoms with Crippen LogP contribution in [0.1, 0.15) is 52.4 Å². The molecule has 2 aliphatic rings. The molecule has 3 N–H and O–H groups in total. The van der Waals surface area contributed by atoms with Gasteiger partial charge in [-0.2, -0.15) is 0 Å². The van der Waals surface area contributed by atoms with Crippen molar-refractivity contribution in [2.75, 3.05) is 32.7 Å². The van der Waals surface area contributed by atoms with Crippen molar-refractivity contribution in [2.45, 2.75) is 64.0 Å². The molecule has 0 spiro atoms. The fraction of sp³-hybridized carbons (Fsp3) is 0.938. The van der Waals surface area contributed by atoms with Crippen molar-refractivity contribution in [3.8, 4) is 0 Å². The SMILES string of the molecule is CCNC(=NCC1(O)CCCC1)NCC1CCCN1CC. The van der Waals surface area contributed by atoms with Gasteiger partial charge >= 0.3 is 0 Å². The first-order chi connectivity index (χ1) is 10.2. The van der Waals surface area contributed by atoms with Crippen LogP contribution in [-0.4, -0.2) is 60.3 Å². The first-order valence-corrected chi connectivity index (χ1v) is 8.65. The lowest BCUT2D eigenvalue weighted by atomic mass is 10.0. The second kappa shape index (κ2) is 7.99. The van der Waals surface area contributed by atoms with E-state index in [1.165, 1.54) is 19.4 Å². The third-order valence-corrected chi connectivity index (χ3v) is 4.82. The predicted molar refractivity (Wildman–Crippen MR) is 87.7 cm³/mol. The number of guanidine groups is 1. The zero-order chi connectivity index (χ0) is 15.1. The number of hydrogen-bond donors (Lipinski definition) is 3. The number of likely N-dealkylation sites (tertiary alicyclic amines) is 1. The standard InChI is InChI=1S/C16H32N4O/c1-3-17-15(19-13-16(21)9-5-6-10-16)18-12-14-8-7-11-20(14)4-2/h14,21H,3-13H2,1-2H3,(H2,17,18,19). The van der Waals surface area contributed by atoms with Crippen LogP contribution in [0.25, 0.3) is 0 Å². The third-order valence-electron chi connectivity index (χ3n) is 4.82. The fourth-order valence-corrected chi connectivity index (χ4v) is 3.52. The molecule has 5 nitrogen and oxygen atoms in total. The van der Waals surface area contributed by atoms with Gasteiger partial charge in [0.25, 0.3) is 0 Å². The molecule has 5 heteroatoms. The van der Waals surface area contributed by atoms with Gasteiger partial charge in [0.15, 0.2) is 5.96 Å². The molecule has 122 valence electrons. The molecule has 21 heavy (non-hydrogen) atoms. The van der Waals surface area contributed by atoms with Gasteiger partial charge in [0.05, 0.1) is 12.1 Å². The number of rotatable bonds is 6. The summed E-state index contributed by atoms with van der Waals surface area (Å²) < 4.78 is 0. The normalized spacial score (nSPS) is 26.2.